The molecule has 0 saturated carbocycles. The van der Waals surface area contributed by atoms with Crippen molar-refractivity contribution < 1.29 is 9.47 Å². The third kappa shape index (κ3) is 4.77. The normalized spacial score (nSPS) is 12.6. The van der Waals surface area contributed by atoms with Crippen molar-refractivity contribution in [2.75, 3.05) is 6.61 Å². The number of hydrogen-bond acceptors (Lipinski definition) is 2. The highest BCUT2D eigenvalue weighted by molar-refractivity contribution is 4.67. The lowest BCUT2D eigenvalue weighted by atomic mass is 10.1. The second-order valence-electron chi connectivity index (χ2n) is 3.26. The lowest BCUT2D eigenvalue weighted by Crippen LogP contribution is -2.29. The van der Waals surface area contributed by atoms with E-state index in [1.165, 1.54) is 0 Å². The molecule has 0 fully saturated rings. The Balaban J connectivity index is 3.46. The molecule has 0 aromatic carbocycles. The molecular formula is C8H17O2. The fourth-order valence-corrected chi connectivity index (χ4v) is 0.409. The molecule has 0 bridgehead atoms. The van der Waals surface area contributed by atoms with Crippen LogP contribution >= 0.6 is 0 Å². The van der Waals surface area contributed by atoms with Crippen LogP contribution < -0.4 is 0 Å². The van der Waals surface area contributed by atoms with E-state index >= 15 is 0 Å². The van der Waals surface area contributed by atoms with Crippen LogP contribution in [0.4, 0.5) is 0 Å². The van der Waals surface area contributed by atoms with Crippen molar-refractivity contribution in [2.45, 2.75) is 39.4 Å². The minimum atomic E-state index is -0.260. The van der Waals surface area contributed by atoms with Crippen LogP contribution in [0.2, 0.25) is 0 Å². The van der Waals surface area contributed by atoms with Crippen LogP contribution in [0.5, 0.6) is 0 Å². The highest BCUT2D eigenvalue weighted by Gasteiger charge is 2.16. The van der Waals surface area contributed by atoms with Gasteiger partial charge in [-0.3, -0.25) is 0 Å². The fourth-order valence-electron chi connectivity index (χ4n) is 0.409. The van der Waals surface area contributed by atoms with Gasteiger partial charge in [0.1, 0.15) is 0 Å². The Morgan fingerprint density at radius 2 is 1.90 bits per heavy atom. The van der Waals surface area contributed by atoms with Gasteiger partial charge < -0.3 is 9.47 Å². The summed E-state index contributed by atoms with van der Waals surface area (Å²) >= 11 is 0. The minimum absolute atomic E-state index is 0.259. The molecule has 0 heterocycles. The van der Waals surface area contributed by atoms with Gasteiger partial charge in [0.05, 0.1) is 25.4 Å². The minimum Gasteiger partial charge on any atom is -0.376 e. The Morgan fingerprint density at radius 1 is 1.40 bits per heavy atom. The SMILES string of the molecule is [CH2]OC(C)(C)COC(C)C. The molecule has 0 amide bonds. The quantitative estimate of drug-likeness (QED) is 0.602. The Bertz CT molecular complexity index is 87.3. The summed E-state index contributed by atoms with van der Waals surface area (Å²) in [5, 5.41) is 0. The van der Waals surface area contributed by atoms with Crippen molar-refractivity contribution in [1.82, 2.24) is 0 Å². The zero-order chi connectivity index (χ0) is 8.20. The van der Waals surface area contributed by atoms with Crippen LogP contribution in [0, 0.1) is 7.11 Å². The average molecular weight is 145 g/mol. The maximum Gasteiger partial charge on any atom is 0.0860 e. The summed E-state index contributed by atoms with van der Waals surface area (Å²) in [6, 6.07) is 0. The van der Waals surface area contributed by atoms with Gasteiger partial charge in [0.15, 0.2) is 0 Å². The van der Waals surface area contributed by atoms with Crippen LogP contribution in [-0.4, -0.2) is 18.3 Å². The van der Waals surface area contributed by atoms with Gasteiger partial charge in [-0.05, 0) is 27.7 Å². The maximum absolute atomic E-state index is 5.33. The number of rotatable bonds is 4. The molecule has 0 spiro atoms. The molecule has 2 nitrogen and oxygen atoms in total. The highest BCUT2D eigenvalue weighted by atomic mass is 16.5. The van der Waals surface area contributed by atoms with Gasteiger partial charge in [-0.1, -0.05) is 0 Å². The van der Waals surface area contributed by atoms with Crippen LogP contribution in [-0.2, 0) is 9.47 Å². The van der Waals surface area contributed by atoms with Crippen LogP contribution in [0.1, 0.15) is 27.7 Å². The second-order valence-corrected chi connectivity index (χ2v) is 3.26. The van der Waals surface area contributed by atoms with Crippen molar-refractivity contribution in [2.24, 2.45) is 0 Å². The summed E-state index contributed by atoms with van der Waals surface area (Å²) in [7, 11) is 3.36. The molecule has 0 aliphatic rings. The van der Waals surface area contributed by atoms with E-state index < -0.39 is 0 Å². The zero-order valence-corrected chi connectivity index (χ0v) is 7.31. The zero-order valence-electron chi connectivity index (χ0n) is 7.31. The van der Waals surface area contributed by atoms with E-state index in [0.29, 0.717) is 6.61 Å². The van der Waals surface area contributed by atoms with Crippen molar-refractivity contribution >= 4 is 0 Å². The predicted octanol–water partition coefficient (Wildman–Crippen LogP) is 2.00. The third-order valence-electron chi connectivity index (χ3n) is 1.16. The van der Waals surface area contributed by atoms with Crippen molar-refractivity contribution in [3.63, 3.8) is 0 Å². The molecule has 0 aromatic rings. The Kier molecular flexibility index (Phi) is 3.91. The van der Waals surface area contributed by atoms with Crippen molar-refractivity contribution in [1.29, 1.82) is 0 Å². The lowest BCUT2D eigenvalue weighted by Gasteiger charge is -2.23. The Morgan fingerprint density at radius 3 is 2.20 bits per heavy atom. The van der Waals surface area contributed by atoms with Gasteiger partial charge in [0.25, 0.3) is 0 Å². The summed E-state index contributed by atoms with van der Waals surface area (Å²) in [6.07, 6.45) is 0.259. The summed E-state index contributed by atoms with van der Waals surface area (Å²) < 4.78 is 10.2. The maximum atomic E-state index is 5.33. The van der Waals surface area contributed by atoms with E-state index in [9.17, 15) is 0 Å². The summed E-state index contributed by atoms with van der Waals surface area (Å²) in [5.41, 5.74) is -0.260. The van der Waals surface area contributed by atoms with Crippen molar-refractivity contribution in [3.8, 4) is 0 Å². The van der Waals surface area contributed by atoms with E-state index in [2.05, 4.69) is 7.11 Å². The first kappa shape index (κ1) is 9.92. The molecule has 10 heavy (non-hydrogen) atoms. The van der Waals surface area contributed by atoms with Crippen LogP contribution in [0.3, 0.4) is 0 Å². The smallest absolute Gasteiger partial charge is 0.0860 e. The highest BCUT2D eigenvalue weighted by Crippen LogP contribution is 2.09. The Labute approximate surface area is 63.5 Å². The molecule has 0 aliphatic heterocycles. The molecule has 1 radical (unpaired) electrons. The molecule has 0 aromatic heterocycles. The topological polar surface area (TPSA) is 18.5 Å². The first-order valence-electron chi connectivity index (χ1n) is 3.53. The molecule has 0 N–H and O–H groups in total. The van der Waals surface area contributed by atoms with E-state index in [1.807, 2.05) is 27.7 Å². The molecular weight excluding hydrogens is 128 g/mol. The van der Waals surface area contributed by atoms with Gasteiger partial charge in [0, 0.05) is 0 Å². The largest absolute Gasteiger partial charge is 0.376 e. The number of hydrogen-bond donors (Lipinski definition) is 0. The lowest BCUT2D eigenvalue weighted by molar-refractivity contribution is -0.0527. The third-order valence-corrected chi connectivity index (χ3v) is 1.16. The molecule has 0 rings (SSSR count). The standard InChI is InChI=1S/C8H17O2/c1-7(2)10-6-8(3,4)9-5/h7H,5-6H2,1-4H3. The van der Waals surface area contributed by atoms with E-state index in [1.54, 1.807) is 0 Å². The summed E-state index contributed by atoms with van der Waals surface area (Å²) in [6.45, 7) is 8.48. The first-order chi connectivity index (χ1) is 4.48. The van der Waals surface area contributed by atoms with E-state index in [4.69, 9.17) is 9.47 Å². The van der Waals surface area contributed by atoms with Crippen molar-refractivity contribution in [3.05, 3.63) is 7.11 Å². The van der Waals surface area contributed by atoms with Gasteiger partial charge in [-0.2, -0.15) is 0 Å². The Hall–Kier alpha value is -0.0800. The van der Waals surface area contributed by atoms with E-state index in [0.717, 1.165) is 0 Å². The monoisotopic (exact) mass is 145 g/mol. The van der Waals surface area contributed by atoms with Crippen LogP contribution in [0.25, 0.3) is 0 Å². The average Bonchev–Trinajstić information content (AvgIpc) is 1.85. The van der Waals surface area contributed by atoms with Gasteiger partial charge in [-0.25, -0.2) is 0 Å². The fraction of sp³-hybridized carbons (Fsp3) is 0.875. The van der Waals surface area contributed by atoms with Gasteiger partial charge in [-0.15, -0.1) is 0 Å². The van der Waals surface area contributed by atoms with Gasteiger partial charge >= 0.3 is 0 Å². The van der Waals surface area contributed by atoms with Crippen LogP contribution in [0.15, 0.2) is 0 Å². The van der Waals surface area contributed by atoms with Gasteiger partial charge in [0.2, 0.25) is 0 Å². The second kappa shape index (κ2) is 3.94. The molecule has 2 heteroatoms. The first-order valence-corrected chi connectivity index (χ1v) is 3.53. The summed E-state index contributed by atoms with van der Waals surface area (Å²) in [4.78, 5) is 0. The molecule has 0 unspecified atom stereocenters. The molecule has 0 aliphatic carbocycles. The molecule has 61 valence electrons. The summed E-state index contributed by atoms with van der Waals surface area (Å²) in [5.74, 6) is 0. The number of ether oxygens (including phenoxy) is 2. The molecule has 0 atom stereocenters. The predicted molar refractivity (Wildman–Crippen MR) is 41.6 cm³/mol. The van der Waals surface area contributed by atoms with E-state index in [-0.39, 0.29) is 11.7 Å². The molecule has 0 saturated heterocycles.